The van der Waals surface area contributed by atoms with E-state index in [0.29, 0.717) is 5.56 Å². The number of carbonyl (C=O) groups excluding carboxylic acids is 1. The van der Waals surface area contributed by atoms with Gasteiger partial charge < -0.3 is 4.57 Å². The molecule has 0 aliphatic carbocycles. The number of aryl methyl sites for hydroxylation is 1. The van der Waals surface area contributed by atoms with Gasteiger partial charge in [-0.1, -0.05) is 29.7 Å². The number of nitrogens with zero attached hydrogens (tertiary/aromatic N) is 2. The highest BCUT2D eigenvalue weighted by molar-refractivity contribution is 9.10. The van der Waals surface area contributed by atoms with Gasteiger partial charge >= 0.3 is 0 Å². The smallest absolute Gasteiger partial charge is 0.275 e. The average molecular weight is 317 g/mol. The minimum atomic E-state index is -0.297. The summed E-state index contributed by atoms with van der Waals surface area (Å²) in [7, 11) is 1.92. The van der Waals surface area contributed by atoms with Gasteiger partial charge in [0.15, 0.2) is 5.78 Å². The maximum atomic E-state index is 12.5. The number of hydrogen-bond donors (Lipinski definition) is 0. The van der Waals surface area contributed by atoms with E-state index in [-0.39, 0.29) is 18.3 Å². The lowest BCUT2D eigenvalue weighted by Crippen LogP contribution is -2.20. The largest absolute Gasteiger partial charge is 0.350 e. The summed E-state index contributed by atoms with van der Waals surface area (Å²) >= 11 is 3.43. The van der Waals surface area contributed by atoms with Crippen LogP contribution in [-0.2, 0) is 7.05 Å². The Morgan fingerprint density at radius 3 is 2.84 bits per heavy atom. The summed E-state index contributed by atoms with van der Waals surface area (Å²) in [5.74, 6) is 1.87. The predicted octanol–water partition coefficient (Wildman–Crippen LogP) is 3.70. The molecule has 1 unspecified atom stereocenters. The minimum absolute atomic E-state index is 0.0257. The molecule has 0 aliphatic rings. The summed E-state index contributed by atoms with van der Waals surface area (Å²) in [4.78, 5) is 12.5. The van der Waals surface area contributed by atoms with E-state index in [0.717, 1.165) is 15.4 Å². The summed E-state index contributed by atoms with van der Waals surface area (Å²) in [6.45, 7) is 3.31. The van der Waals surface area contributed by atoms with E-state index in [2.05, 4.69) is 21.9 Å². The fourth-order valence-corrected chi connectivity index (χ4v) is 2.51. The van der Waals surface area contributed by atoms with E-state index in [1.807, 2.05) is 42.9 Å². The first-order chi connectivity index (χ1) is 8.95. The third kappa shape index (κ3) is 2.45. The van der Waals surface area contributed by atoms with E-state index in [9.17, 15) is 4.79 Å². The van der Waals surface area contributed by atoms with Crippen LogP contribution in [0.4, 0.5) is 0 Å². The Kier molecular flexibility index (Phi) is 3.82. The molecular formula is C14H14BBrN2O. The van der Waals surface area contributed by atoms with Crippen LogP contribution < -0.4 is 0 Å². The minimum Gasteiger partial charge on any atom is -0.350 e. The number of ketones is 1. The zero-order valence-corrected chi connectivity index (χ0v) is 12.7. The molecule has 2 aromatic rings. The second-order valence-corrected chi connectivity index (χ2v) is 5.80. The third-order valence-electron chi connectivity index (χ3n) is 3.58. The van der Waals surface area contributed by atoms with Gasteiger partial charge in [-0.05, 0) is 18.2 Å². The van der Waals surface area contributed by atoms with Crippen LogP contribution in [0.3, 0.4) is 0 Å². The van der Waals surface area contributed by atoms with Gasteiger partial charge in [0.25, 0.3) is 6.71 Å². The highest BCUT2D eigenvalue weighted by Crippen LogP contribution is 2.28. The molecule has 3 nitrogen and oxygen atoms in total. The van der Waals surface area contributed by atoms with E-state index in [4.69, 9.17) is 5.26 Å². The highest BCUT2D eigenvalue weighted by Gasteiger charge is 2.27. The molecule has 0 amide bonds. The normalized spacial score (nSPS) is 12.2. The van der Waals surface area contributed by atoms with E-state index >= 15 is 0 Å². The van der Waals surface area contributed by atoms with Gasteiger partial charge in [-0.2, -0.15) is 0 Å². The summed E-state index contributed by atoms with van der Waals surface area (Å²) in [5.41, 5.74) is 1.71. The summed E-state index contributed by atoms with van der Waals surface area (Å²) in [6, 6.07) is 5.89. The lowest BCUT2D eigenvalue weighted by atomic mass is 9.43. The molecule has 1 aromatic heterocycles. The first-order valence-corrected chi connectivity index (χ1v) is 6.93. The Hall–Kier alpha value is -1.54. The Morgan fingerprint density at radius 2 is 2.21 bits per heavy atom. The molecule has 0 aliphatic heterocycles. The van der Waals surface area contributed by atoms with Gasteiger partial charge in [-0.3, -0.25) is 4.79 Å². The number of aromatic nitrogens is 1. The molecular weight excluding hydrogens is 303 g/mol. The van der Waals surface area contributed by atoms with Crippen molar-refractivity contribution in [1.29, 1.82) is 5.26 Å². The lowest BCUT2D eigenvalue weighted by Gasteiger charge is -2.08. The van der Waals surface area contributed by atoms with Crippen molar-refractivity contribution in [2.75, 3.05) is 0 Å². The molecule has 1 heterocycles. The zero-order chi connectivity index (χ0) is 14.2. The number of nitriles is 1. The van der Waals surface area contributed by atoms with Crippen LogP contribution in [0.5, 0.6) is 0 Å². The van der Waals surface area contributed by atoms with Crippen LogP contribution in [0.15, 0.2) is 28.9 Å². The van der Waals surface area contributed by atoms with Gasteiger partial charge in [0.2, 0.25) is 0 Å². The zero-order valence-electron chi connectivity index (χ0n) is 11.1. The molecule has 0 bridgehead atoms. The van der Waals surface area contributed by atoms with Crippen molar-refractivity contribution in [1.82, 2.24) is 4.57 Å². The van der Waals surface area contributed by atoms with Crippen molar-refractivity contribution < 1.29 is 4.79 Å². The topological polar surface area (TPSA) is 45.8 Å². The van der Waals surface area contributed by atoms with Gasteiger partial charge in [0.1, 0.15) is 0 Å². The molecule has 19 heavy (non-hydrogen) atoms. The molecule has 0 fully saturated rings. The fraction of sp³-hybridized carbons (Fsp3) is 0.286. The molecule has 1 aromatic carbocycles. The second-order valence-electron chi connectivity index (χ2n) is 4.89. The Labute approximate surface area is 121 Å². The molecule has 96 valence electrons. The maximum Gasteiger partial charge on any atom is 0.275 e. The first kappa shape index (κ1) is 13.9. The maximum absolute atomic E-state index is 12.5. The van der Waals surface area contributed by atoms with Crippen molar-refractivity contribution >= 4 is 39.3 Å². The number of fused-ring (bicyclic) bond motifs is 1. The summed E-state index contributed by atoms with van der Waals surface area (Å²) < 4.78 is 2.89. The van der Waals surface area contributed by atoms with Crippen LogP contribution in [-0.4, -0.2) is 17.1 Å². The molecule has 2 rings (SSSR count). The molecule has 0 radical (unpaired) electrons. The van der Waals surface area contributed by atoms with E-state index in [1.165, 1.54) is 0 Å². The standard InChI is InChI=1S/C14H14BBrN2O/c1-9(15(2)8-17)14(19)12-7-18(3)13-5-4-10(16)6-11(12)13/h4-7,9H,1-3H3. The molecule has 0 saturated heterocycles. The number of Topliss-reactive ketones (excluding diaryl/α,β-unsaturated/α-hetero) is 1. The summed E-state index contributed by atoms with van der Waals surface area (Å²) in [6.07, 6.45) is 1.85. The van der Waals surface area contributed by atoms with Crippen molar-refractivity contribution in [3.05, 3.63) is 34.4 Å². The number of benzene rings is 1. The quantitative estimate of drug-likeness (QED) is 0.640. The number of rotatable bonds is 3. The predicted molar refractivity (Wildman–Crippen MR) is 81.6 cm³/mol. The van der Waals surface area contributed by atoms with Crippen LogP contribution in [0.2, 0.25) is 12.6 Å². The van der Waals surface area contributed by atoms with Crippen LogP contribution in [0.25, 0.3) is 10.9 Å². The van der Waals surface area contributed by atoms with Crippen molar-refractivity contribution in [3.63, 3.8) is 0 Å². The van der Waals surface area contributed by atoms with Crippen molar-refractivity contribution in [2.45, 2.75) is 19.6 Å². The molecule has 0 spiro atoms. The van der Waals surface area contributed by atoms with E-state index < -0.39 is 0 Å². The van der Waals surface area contributed by atoms with Gasteiger partial charge in [0.05, 0.1) is 0 Å². The third-order valence-corrected chi connectivity index (χ3v) is 4.08. The Balaban J connectivity index is 2.54. The van der Waals surface area contributed by atoms with Crippen LogP contribution in [0, 0.1) is 11.2 Å². The Bertz CT molecular complexity index is 687. The number of hydrogen-bond acceptors (Lipinski definition) is 2. The van der Waals surface area contributed by atoms with Crippen LogP contribution in [0.1, 0.15) is 17.3 Å². The molecule has 0 N–H and O–H groups in total. The SMILES string of the molecule is CB(C#N)C(C)C(=O)c1cn(C)c2ccc(Br)cc12. The monoisotopic (exact) mass is 316 g/mol. The first-order valence-electron chi connectivity index (χ1n) is 6.14. The molecule has 0 saturated carbocycles. The van der Waals surface area contributed by atoms with Crippen LogP contribution >= 0.6 is 15.9 Å². The van der Waals surface area contributed by atoms with Gasteiger partial charge in [-0.15, -0.1) is 0 Å². The Morgan fingerprint density at radius 1 is 1.53 bits per heavy atom. The molecule has 5 heteroatoms. The lowest BCUT2D eigenvalue weighted by molar-refractivity contribution is 0.0988. The van der Waals surface area contributed by atoms with Gasteiger partial charge in [-0.25, -0.2) is 5.26 Å². The summed E-state index contributed by atoms with van der Waals surface area (Å²) in [5, 5.41) is 9.88. The second kappa shape index (κ2) is 5.22. The number of halogens is 1. The van der Waals surface area contributed by atoms with E-state index in [1.54, 1.807) is 6.82 Å². The van der Waals surface area contributed by atoms with Crippen molar-refractivity contribution in [2.24, 2.45) is 7.05 Å². The number of carbonyl (C=O) groups is 1. The van der Waals surface area contributed by atoms with Gasteiger partial charge in [0, 0.05) is 46.0 Å². The average Bonchev–Trinajstić information content (AvgIpc) is 2.72. The highest BCUT2D eigenvalue weighted by atomic mass is 79.9. The molecule has 1 atom stereocenters. The van der Waals surface area contributed by atoms with Crippen molar-refractivity contribution in [3.8, 4) is 5.97 Å². The fourth-order valence-electron chi connectivity index (χ4n) is 2.14.